The van der Waals surface area contributed by atoms with Crippen molar-refractivity contribution in [3.8, 4) is 0 Å². The molecule has 0 aliphatic rings. The Hall–Kier alpha value is -1.44. The maximum Gasteiger partial charge on any atom is 0.311 e. The van der Waals surface area contributed by atoms with Crippen molar-refractivity contribution in [1.82, 2.24) is 9.97 Å². The van der Waals surface area contributed by atoms with Crippen LogP contribution in [0.2, 0.25) is 9.62 Å². The molecule has 19 heavy (non-hydrogen) atoms. The van der Waals surface area contributed by atoms with Crippen LogP contribution in [-0.4, -0.2) is 21.9 Å². The van der Waals surface area contributed by atoms with E-state index in [4.69, 9.17) is 23.2 Å². The number of hydrogen-bond donors (Lipinski definition) is 0. The van der Waals surface area contributed by atoms with E-state index in [0.717, 1.165) is 4.88 Å². The first-order chi connectivity index (χ1) is 8.97. The van der Waals surface area contributed by atoms with Crippen LogP contribution < -0.4 is 4.90 Å². The first-order valence-corrected chi connectivity index (χ1v) is 6.67. The zero-order valence-corrected chi connectivity index (χ0v) is 12.0. The van der Waals surface area contributed by atoms with Gasteiger partial charge in [-0.15, -0.1) is 11.3 Å². The van der Waals surface area contributed by atoms with Crippen molar-refractivity contribution >= 4 is 46.0 Å². The summed E-state index contributed by atoms with van der Waals surface area (Å²) in [6, 6.07) is 2.72. The van der Waals surface area contributed by atoms with Crippen LogP contribution in [0.1, 0.15) is 4.88 Å². The summed E-state index contributed by atoms with van der Waals surface area (Å²) in [5.74, 6) is 0.210. The van der Waals surface area contributed by atoms with Gasteiger partial charge in [-0.3, -0.25) is 10.1 Å². The fourth-order valence-electron chi connectivity index (χ4n) is 1.51. The van der Waals surface area contributed by atoms with Crippen molar-refractivity contribution in [3.63, 3.8) is 0 Å². The Bertz CT molecular complexity index is 619. The molecule has 6 nitrogen and oxygen atoms in total. The molecule has 0 unspecified atom stereocenters. The molecule has 0 atom stereocenters. The van der Waals surface area contributed by atoms with Gasteiger partial charge in [0.05, 0.1) is 11.5 Å². The third kappa shape index (κ3) is 3.31. The van der Waals surface area contributed by atoms with Gasteiger partial charge >= 0.3 is 5.69 Å². The maximum absolute atomic E-state index is 11.0. The van der Waals surface area contributed by atoms with E-state index in [1.165, 1.54) is 23.5 Å². The van der Waals surface area contributed by atoms with Crippen LogP contribution >= 0.6 is 34.5 Å². The van der Waals surface area contributed by atoms with E-state index in [2.05, 4.69) is 9.97 Å². The Morgan fingerprint density at radius 2 is 2.21 bits per heavy atom. The van der Waals surface area contributed by atoms with Gasteiger partial charge in [0.25, 0.3) is 0 Å². The summed E-state index contributed by atoms with van der Waals surface area (Å²) < 4.78 is 0.428. The fraction of sp³-hybridized carbons (Fsp3) is 0.200. The molecule has 0 spiro atoms. The van der Waals surface area contributed by atoms with Gasteiger partial charge in [-0.05, 0) is 6.07 Å². The van der Waals surface area contributed by atoms with Gasteiger partial charge in [0.1, 0.15) is 5.15 Å². The van der Waals surface area contributed by atoms with Gasteiger partial charge in [-0.2, -0.15) is 0 Å². The third-order valence-electron chi connectivity index (χ3n) is 2.30. The van der Waals surface area contributed by atoms with Crippen LogP contribution in [0.5, 0.6) is 0 Å². The minimum atomic E-state index is -0.491. The molecular weight excluding hydrogens is 311 g/mol. The molecule has 2 aromatic heterocycles. The number of thiazole rings is 1. The number of nitro groups is 1. The summed E-state index contributed by atoms with van der Waals surface area (Å²) in [7, 11) is 1.69. The summed E-state index contributed by atoms with van der Waals surface area (Å²) >= 11 is 12.8. The van der Waals surface area contributed by atoms with Crippen LogP contribution in [0.15, 0.2) is 18.3 Å². The zero-order chi connectivity index (χ0) is 14.0. The van der Waals surface area contributed by atoms with Crippen LogP contribution in [0, 0.1) is 10.1 Å². The topological polar surface area (TPSA) is 72.2 Å². The molecule has 0 fully saturated rings. The molecule has 100 valence electrons. The molecule has 0 aromatic carbocycles. The average Bonchev–Trinajstić information content (AvgIpc) is 2.74. The zero-order valence-electron chi connectivity index (χ0n) is 9.71. The Morgan fingerprint density at radius 3 is 2.79 bits per heavy atom. The molecule has 0 saturated carbocycles. The lowest BCUT2D eigenvalue weighted by atomic mass is 10.3. The van der Waals surface area contributed by atoms with Crippen molar-refractivity contribution < 1.29 is 4.92 Å². The number of aromatic nitrogens is 2. The van der Waals surface area contributed by atoms with Gasteiger partial charge in [0.2, 0.25) is 5.82 Å². The average molecular weight is 319 g/mol. The molecule has 0 bridgehead atoms. The van der Waals surface area contributed by atoms with Crippen molar-refractivity contribution in [2.45, 2.75) is 6.54 Å². The van der Waals surface area contributed by atoms with E-state index in [9.17, 15) is 10.1 Å². The molecule has 0 radical (unpaired) electrons. The predicted molar refractivity (Wildman–Crippen MR) is 75.1 cm³/mol. The molecule has 2 aromatic rings. The SMILES string of the molecule is CN(Cc1cnc(Cl)s1)c1nc(Cl)ccc1[N+](=O)[O-]. The Labute approximate surface area is 122 Å². The van der Waals surface area contributed by atoms with Gasteiger partial charge in [0, 0.05) is 24.2 Å². The molecule has 0 amide bonds. The van der Waals surface area contributed by atoms with Gasteiger partial charge in [0.15, 0.2) is 4.47 Å². The summed E-state index contributed by atoms with van der Waals surface area (Å²) in [5.41, 5.74) is -0.0949. The van der Waals surface area contributed by atoms with Crippen molar-refractivity contribution in [2.24, 2.45) is 0 Å². The normalized spacial score (nSPS) is 10.5. The highest BCUT2D eigenvalue weighted by Crippen LogP contribution is 2.29. The highest BCUT2D eigenvalue weighted by Gasteiger charge is 2.20. The summed E-state index contributed by atoms with van der Waals surface area (Å²) in [5, 5.41) is 11.2. The lowest BCUT2D eigenvalue weighted by Crippen LogP contribution is -2.18. The quantitative estimate of drug-likeness (QED) is 0.491. The highest BCUT2D eigenvalue weighted by molar-refractivity contribution is 7.15. The lowest BCUT2D eigenvalue weighted by molar-refractivity contribution is -0.384. The second-order valence-corrected chi connectivity index (χ2v) is 5.75. The maximum atomic E-state index is 11.0. The molecule has 2 heterocycles. The largest absolute Gasteiger partial charge is 0.349 e. The van der Waals surface area contributed by atoms with E-state index in [0.29, 0.717) is 11.0 Å². The number of anilines is 1. The minimum absolute atomic E-state index is 0.0949. The number of hydrogen-bond acceptors (Lipinski definition) is 6. The van der Waals surface area contributed by atoms with Crippen molar-refractivity contribution in [3.05, 3.63) is 42.9 Å². The monoisotopic (exact) mass is 318 g/mol. The van der Waals surface area contributed by atoms with Gasteiger partial charge < -0.3 is 4.90 Å². The van der Waals surface area contributed by atoms with Crippen LogP contribution in [0.3, 0.4) is 0 Å². The van der Waals surface area contributed by atoms with Crippen molar-refractivity contribution in [1.29, 1.82) is 0 Å². The van der Waals surface area contributed by atoms with E-state index in [1.807, 2.05) is 0 Å². The standard InChI is InChI=1S/C10H8Cl2N4O2S/c1-15(5-6-4-13-10(12)19-6)9-7(16(17)18)2-3-8(11)14-9/h2-4H,5H2,1H3. The second kappa shape index (κ2) is 5.68. The molecule has 9 heteroatoms. The van der Waals surface area contributed by atoms with Gasteiger partial charge in [-0.25, -0.2) is 9.97 Å². The Balaban J connectivity index is 2.29. The Kier molecular flexibility index (Phi) is 4.18. The summed E-state index contributed by atoms with van der Waals surface area (Å²) in [6.07, 6.45) is 1.62. The van der Waals surface area contributed by atoms with Crippen LogP contribution in [0.25, 0.3) is 0 Å². The van der Waals surface area contributed by atoms with Crippen LogP contribution in [-0.2, 0) is 6.54 Å². The first-order valence-electron chi connectivity index (χ1n) is 5.09. The van der Waals surface area contributed by atoms with E-state index in [-0.39, 0.29) is 16.7 Å². The minimum Gasteiger partial charge on any atom is -0.349 e. The Morgan fingerprint density at radius 1 is 1.47 bits per heavy atom. The molecule has 0 aliphatic carbocycles. The van der Waals surface area contributed by atoms with E-state index >= 15 is 0 Å². The molecule has 0 saturated heterocycles. The predicted octanol–water partition coefficient (Wildman–Crippen LogP) is 3.39. The van der Waals surface area contributed by atoms with Crippen molar-refractivity contribution in [2.75, 3.05) is 11.9 Å². The van der Waals surface area contributed by atoms with Crippen LogP contribution in [0.4, 0.5) is 11.5 Å². The van der Waals surface area contributed by atoms with Gasteiger partial charge in [-0.1, -0.05) is 23.2 Å². The molecule has 2 rings (SSSR count). The second-order valence-electron chi connectivity index (χ2n) is 3.67. The molecule has 0 N–H and O–H groups in total. The number of pyridine rings is 1. The number of halogens is 2. The molecular formula is C10H8Cl2N4O2S. The number of rotatable bonds is 4. The van der Waals surface area contributed by atoms with E-state index in [1.54, 1.807) is 18.1 Å². The summed E-state index contributed by atoms with van der Waals surface area (Å²) in [6.45, 7) is 0.415. The smallest absolute Gasteiger partial charge is 0.311 e. The third-order valence-corrected chi connectivity index (χ3v) is 3.61. The van der Waals surface area contributed by atoms with E-state index < -0.39 is 4.92 Å². The first kappa shape index (κ1) is 14.0. The molecule has 0 aliphatic heterocycles. The summed E-state index contributed by atoms with van der Waals surface area (Å²) in [4.78, 5) is 20.9. The lowest BCUT2D eigenvalue weighted by Gasteiger charge is -2.16. The number of nitrogens with zero attached hydrogens (tertiary/aromatic N) is 4. The fourth-order valence-corrected chi connectivity index (χ4v) is 2.68. The highest BCUT2D eigenvalue weighted by atomic mass is 35.5.